The minimum absolute atomic E-state index is 0.159. The Morgan fingerprint density at radius 3 is 2.67 bits per heavy atom. The van der Waals surface area contributed by atoms with Crippen molar-refractivity contribution in [3.8, 4) is 0 Å². The molecule has 1 N–H and O–H groups in total. The lowest BCUT2D eigenvalue weighted by Crippen LogP contribution is -2.40. The van der Waals surface area contributed by atoms with Gasteiger partial charge in [0.2, 0.25) is 0 Å². The Morgan fingerprint density at radius 2 is 2.00 bits per heavy atom. The standard InChI is InChI=1S/C16H18ClN3O/c1-12(20(2)13-7-4-3-5-8-13)11-19-16(21)14-9-6-10-18-15(14)17/h3-10,12H,11H2,1-2H3,(H,19,21)/t12-/m1/s1. The third-order valence-electron chi connectivity index (χ3n) is 3.39. The second-order valence-corrected chi connectivity index (χ2v) is 5.21. The van der Waals surface area contributed by atoms with E-state index >= 15 is 0 Å². The molecule has 1 amide bonds. The van der Waals surface area contributed by atoms with Crippen LogP contribution in [-0.4, -0.2) is 30.5 Å². The first-order valence-electron chi connectivity index (χ1n) is 6.76. The van der Waals surface area contributed by atoms with Crippen LogP contribution in [0.25, 0.3) is 0 Å². The van der Waals surface area contributed by atoms with Crippen molar-refractivity contribution in [2.24, 2.45) is 0 Å². The van der Waals surface area contributed by atoms with Crippen molar-refractivity contribution < 1.29 is 4.79 Å². The van der Waals surface area contributed by atoms with Crippen molar-refractivity contribution in [1.82, 2.24) is 10.3 Å². The van der Waals surface area contributed by atoms with Crippen LogP contribution in [0, 0.1) is 0 Å². The number of rotatable bonds is 5. The summed E-state index contributed by atoms with van der Waals surface area (Å²) in [6, 6.07) is 13.6. The van der Waals surface area contributed by atoms with Gasteiger partial charge < -0.3 is 10.2 Å². The van der Waals surface area contributed by atoms with Crippen LogP contribution in [0.15, 0.2) is 48.7 Å². The largest absolute Gasteiger partial charge is 0.370 e. The van der Waals surface area contributed by atoms with Crippen LogP contribution in [0.5, 0.6) is 0 Å². The first-order chi connectivity index (χ1) is 10.1. The second-order valence-electron chi connectivity index (χ2n) is 4.85. The molecular formula is C16H18ClN3O. The molecule has 2 aromatic rings. The lowest BCUT2D eigenvalue weighted by Gasteiger charge is -2.27. The number of anilines is 1. The average Bonchev–Trinajstić information content (AvgIpc) is 2.52. The van der Waals surface area contributed by atoms with Gasteiger partial charge >= 0.3 is 0 Å². The molecule has 4 nitrogen and oxygen atoms in total. The Kier molecular flexibility index (Phi) is 5.17. The van der Waals surface area contributed by atoms with Gasteiger partial charge in [-0.05, 0) is 31.2 Å². The molecule has 1 atom stereocenters. The zero-order valence-corrected chi connectivity index (χ0v) is 12.8. The van der Waals surface area contributed by atoms with Crippen LogP contribution in [0.1, 0.15) is 17.3 Å². The highest BCUT2D eigenvalue weighted by Crippen LogP contribution is 2.14. The minimum Gasteiger partial charge on any atom is -0.370 e. The van der Waals surface area contributed by atoms with E-state index in [1.807, 2.05) is 37.4 Å². The molecule has 2 rings (SSSR count). The van der Waals surface area contributed by atoms with Gasteiger partial charge in [-0.15, -0.1) is 0 Å². The Hall–Kier alpha value is -2.07. The molecule has 1 aromatic carbocycles. The molecule has 1 heterocycles. The van der Waals surface area contributed by atoms with Crippen LogP contribution in [0.4, 0.5) is 5.69 Å². The molecule has 0 fully saturated rings. The third-order valence-corrected chi connectivity index (χ3v) is 3.69. The van der Waals surface area contributed by atoms with Crippen molar-refractivity contribution in [3.63, 3.8) is 0 Å². The van der Waals surface area contributed by atoms with Crippen LogP contribution in [-0.2, 0) is 0 Å². The highest BCUT2D eigenvalue weighted by atomic mass is 35.5. The van der Waals surface area contributed by atoms with E-state index in [2.05, 4.69) is 22.1 Å². The lowest BCUT2D eigenvalue weighted by molar-refractivity contribution is 0.0951. The van der Waals surface area contributed by atoms with E-state index in [1.165, 1.54) is 0 Å². The van der Waals surface area contributed by atoms with Gasteiger partial charge in [0.25, 0.3) is 5.91 Å². The maximum absolute atomic E-state index is 12.1. The lowest BCUT2D eigenvalue weighted by atomic mass is 10.2. The van der Waals surface area contributed by atoms with Gasteiger partial charge in [-0.25, -0.2) is 4.98 Å². The number of carbonyl (C=O) groups excluding carboxylic acids is 1. The van der Waals surface area contributed by atoms with Gasteiger partial charge in [-0.2, -0.15) is 0 Å². The highest BCUT2D eigenvalue weighted by Gasteiger charge is 2.14. The third kappa shape index (κ3) is 3.95. The van der Waals surface area contributed by atoms with Gasteiger partial charge in [0.1, 0.15) is 5.15 Å². The molecule has 0 unspecified atom stereocenters. The van der Waals surface area contributed by atoms with E-state index in [1.54, 1.807) is 18.3 Å². The summed E-state index contributed by atoms with van der Waals surface area (Å²) >= 11 is 5.91. The van der Waals surface area contributed by atoms with Crippen molar-refractivity contribution in [3.05, 3.63) is 59.4 Å². The van der Waals surface area contributed by atoms with E-state index in [9.17, 15) is 4.79 Å². The van der Waals surface area contributed by atoms with E-state index in [0.29, 0.717) is 12.1 Å². The second kappa shape index (κ2) is 7.09. The molecule has 0 spiro atoms. The zero-order valence-electron chi connectivity index (χ0n) is 12.1. The molecule has 0 aliphatic heterocycles. The Morgan fingerprint density at radius 1 is 1.29 bits per heavy atom. The number of nitrogens with one attached hydrogen (secondary N) is 1. The summed E-state index contributed by atoms with van der Waals surface area (Å²) < 4.78 is 0. The topological polar surface area (TPSA) is 45.2 Å². The number of carbonyl (C=O) groups is 1. The maximum Gasteiger partial charge on any atom is 0.254 e. The molecule has 1 aromatic heterocycles. The number of benzene rings is 1. The van der Waals surface area contributed by atoms with Gasteiger partial charge in [-0.3, -0.25) is 4.79 Å². The van der Waals surface area contributed by atoms with E-state index in [-0.39, 0.29) is 17.1 Å². The van der Waals surface area contributed by atoms with Gasteiger partial charge in [0, 0.05) is 31.5 Å². The monoisotopic (exact) mass is 303 g/mol. The van der Waals surface area contributed by atoms with Crippen LogP contribution >= 0.6 is 11.6 Å². The Labute approximate surface area is 129 Å². The molecule has 5 heteroatoms. The zero-order chi connectivity index (χ0) is 15.2. The number of amides is 1. The van der Waals surface area contributed by atoms with Crippen LogP contribution < -0.4 is 10.2 Å². The number of hydrogen-bond acceptors (Lipinski definition) is 3. The fraction of sp³-hybridized carbons (Fsp3) is 0.250. The summed E-state index contributed by atoms with van der Waals surface area (Å²) in [5.41, 5.74) is 1.51. The van der Waals surface area contributed by atoms with Crippen molar-refractivity contribution in [2.75, 3.05) is 18.5 Å². The number of hydrogen-bond donors (Lipinski definition) is 1. The number of nitrogens with zero attached hydrogens (tertiary/aromatic N) is 2. The summed E-state index contributed by atoms with van der Waals surface area (Å²) in [7, 11) is 2.00. The predicted molar refractivity (Wildman–Crippen MR) is 85.9 cm³/mol. The molecule has 0 bridgehead atoms. The SMILES string of the molecule is C[C@H](CNC(=O)c1cccnc1Cl)N(C)c1ccccc1. The number of pyridine rings is 1. The number of halogens is 1. The summed E-state index contributed by atoms with van der Waals surface area (Å²) in [5.74, 6) is -0.207. The number of para-hydroxylation sites is 1. The van der Waals surface area contributed by atoms with Gasteiger partial charge in [0.05, 0.1) is 5.56 Å². The quantitative estimate of drug-likeness (QED) is 0.864. The molecule has 21 heavy (non-hydrogen) atoms. The highest BCUT2D eigenvalue weighted by molar-refractivity contribution is 6.32. The van der Waals surface area contributed by atoms with E-state index in [4.69, 9.17) is 11.6 Å². The fourth-order valence-corrected chi connectivity index (χ4v) is 2.15. The van der Waals surface area contributed by atoms with Crippen molar-refractivity contribution in [2.45, 2.75) is 13.0 Å². The molecule has 0 aliphatic carbocycles. The van der Waals surface area contributed by atoms with Gasteiger partial charge in [0.15, 0.2) is 0 Å². The number of likely N-dealkylation sites (N-methyl/N-ethyl adjacent to an activating group) is 1. The molecule has 0 radical (unpaired) electrons. The van der Waals surface area contributed by atoms with Crippen LogP contribution in [0.3, 0.4) is 0 Å². The van der Waals surface area contributed by atoms with Crippen molar-refractivity contribution in [1.29, 1.82) is 0 Å². The summed E-state index contributed by atoms with van der Waals surface area (Å²) in [4.78, 5) is 18.1. The van der Waals surface area contributed by atoms with E-state index in [0.717, 1.165) is 5.69 Å². The number of aromatic nitrogens is 1. The van der Waals surface area contributed by atoms with E-state index < -0.39 is 0 Å². The molecule has 0 aliphatic rings. The maximum atomic E-state index is 12.1. The normalized spacial score (nSPS) is 11.8. The summed E-state index contributed by atoms with van der Waals surface area (Å²) in [5, 5.41) is 3.11. The summed E-state index contributed by atoms with van der Waals surface area (Å²) in [6.45, 7) is 2.58. The molecular weight excluding hydrogens is 286 g/mol. The first-order valence-corrected chi connectivity index (χ1v) is 7.14. The minimum atomic E-state index is -0.207. The van der Waals surface area contributed by atoms with Crippen molar-refractivity contribution >= 4 is 23.2 Å². The first kappa shape index (κ1) is 15.3. The predicted octanol–water partition coefficient (Wildman–Crippen LogP) is 2.99. The average molecular weight is 304 g/mol. The fourth-order valence-electron chi connectivity index (χ4n) is 1.95. The molecule has 110 valence electrons. The van der Waals surface area contributed by atoms with Gasteiger partial charge in [-0.1, -0.05) is 29.8 Å². The molecule has 0 saturated carbocycles. The smallest absolute Gasteiger partial charge is 0.254 e. The Bertz CT molecular complexity index is 603. The summed E-state index contributed by atoms with van der Waals surface area (Å²) in [6.07, 6.45) is 1.56. The van der Waals surface area contributed by atoms with Crippen LogP contribution in [0.2, 0.25) is 5.15 Å². The Balaban J connectivity index is 1.94. The molecule has 0 saturated heterocycles.